The van der Waals surface area contributed by atoms with Crippen LogP contribution in [0, 0.1) is 0 Å². The number of hydrogen-bond donors (Lipinski definition) is 1. The molecular weight excluding hydrogens is 265 g/mol. The molecule has 5 heteroatoms. The lowest BCUT2D eigenvalue weighted by Crippen LogP contribution is -2.48. The van der Waals surface area contributed by atoms with Crippen LogP contribution in [-0.4, -0.2) is 11.4 Å². The van der Waals surface area contributed by atoms with Crippen molar-refractivity contribution in [3.05, 3.63) is 20.3 Å². The van der Waals surface area contributed by atoms with Gasteiger partial charge in [-0.1, -0.05) is 30.1 Å². The molecule has 1 aliphatic heterocycles. The monoisotopic (exact) mass is 277 g/mol. The van der Waals surface area contributed by atoms with E-state index in [2.05, 4.69) is 12.2 Å². The van der Waals surface area contributed by atoms with Gasteiger partial charge >= 0.3 is 0 Å². The van der Waals surface area contributed by atoms with Crippen molar-refractivity contribution in [1.82, 2.24) is 5.32 Å². The van der Waals surface area contributed by atoms with Crippen LogP contribution in [0.15, 0.2) is 6.07 Å². The normalized spacial score (nSPS) is 28.2. The molecule has 1 atom stereocenters. The third-order valence-electron chi connectivity index (χ3n) is 3.60. The van der Waals surface area contributed by atoms with Crippen LogP contribution in [0.5, 0.6) is 0 Å². The summed E-state index contributed by atoms with van der Waals surface area (Å²) in [7, 11) is 0. The largest absolute Gasteiger partial charge is 0.350 e. The fourth-order valence-corrected chi connectivity index (χ4v) is 3.93. The molecule has 0 bridgehead atoms. The van der Waals surface area contributed by atoms with Crippen LogP contribution in [0.1, 0.15) is 32.8 Å². The molecule has 2 rings (SSSR count). The molecule has 1 N–H and O–H groups in total. The second-order valence-corrected chi connectivity index (χ2v) is 7.21. The summed E-state index contributed by atoms with van der Waals surface area (Å²) in [5, 5.41) is 2.98. The fraction of sp³-hybridized carbons (Fsp3) is 0.545. The Morgan fingerprint density at radius 2 is 2.00 bits per heavy atom. The van der Waals surface area contributed by atoms with Crippen molar-refractivity contribution in [3.63, 3.8) is 0 Å². The van der Waals surface area contributed by atoms with E-state index in [1.54, 1.807) is 0 Å². The Hall–Kier alpha value is -0.250. The highest BCUT2D eigenvalue weighted by Crippen LogP contribution is 2.48. The smallest absolute Gasteiger partial charge is 0.221 e. The topological polar surface area (TPSA) is 29.1 Å². The number of amides is 1. The van der Waals surface area contributed by atoms with Crippen LogP contribution in [0.4, 0.5) is 0 Å². The second kappa shape index (κ2) is 3.62. The highest BCUT2D eigenvalue weighted by atomic mass is 35.5. The summed E-state index contributed by atoms with van der Waals surface area (Å²) in [5.74, 6) is 0.0610. The molecule has 1 unspecified atom stereocenters. The summed E-state index contributed by atoms with van der Waals surface area (Å²) in [4.78, 5) is 11.6. The summed E-state index contributed by atoms with van der Waals surface area (Å²) < 4.78 is 1.34. The number of hydrogen-bond acceptors (Lipinski definition) is 2. The van der Waals surface area contributed by atoms with Crippen LogP contribution in [0.2, 0.25) is 8.67 Å². The van der Waals surface area contributed by atoms with E-state index in [9.17, 15) is 4.79 Å². The molecule has 88 valence electrons. The van der Waals surface area contributed by atoms with Gasteiger partial charge in [-0.05, 0) is 25.5 Å². The van der Waals surface area contributed by atoms with Gasteiger partial charge in [0.25, 0.3) is 0 Å². The van der Waals surface area contributed by atoms with Crippen molar-refractivity contribution in [2.24, 2.45) is 0 Å². The summed E-state index contributed by atoms with van der Waals surface area (Å²) in [5.41, 5.74) is 0.357. The molecule has 1 aromatic heterocycles. The van der Waals surface area contributed by atoms with Gasteiger partial charge in [-0.3, -0.25) is 4.79 Å². The first-order valence-electron chi connectivity index (χ1n) is 5.02. The average Bonchev–Trinajstić information content (AvgIpc) is 2.52. The zero-order chi connectivity index (χ0) is 12.1. The number of nitrogens with one attached hydrogen (secondary N) is 1. The van der Waals surface area contributed by atoms with E-state index in [1.165, 1.54) is 11.3 Å². The first kappa shape index (κ1) is 12.2. The summed E-state index contributed by atoms with van der Waals surface area (Å²) in [6.45, 7) is 6.08. The molecule has 1 aliphatic rings. The molecule has 1 saturated heterocycles. The van der Waals surface area contributed by atoms with Gasteiger partial charge in [-0.2, -0.15) is 0 Å². The quantitative estimate of drug-likeness (QED) is 0.835. The van der Waals surface area contributed by atoms with Crippen LogP contribution < -0.4 is 5.32 Å². The highest BCUT2D eigenvalue weighted by Gasteiger charge is 2.51. The maximum atomic E-state index is 11.6. The zero-order valence-corrected chi connectivity index (χ0v) is 11.7. The summed E-state index contributed by atoms with van der Waals surface area (Å²) >= 11 is 13.5. The third kappa shape index (κ3) is 1.66. The molecule has 1 fully saturated rings. The van der Waals surface area contributed by atoms with Crippen LogP contribution in [-0.2, 0) is 10.2 Å². The fourth-order valence-electron chi connectivity index (χ4n) is 2.22. The molecule has 1 aromatic rings. The average molecular weight is 278 g/mol. The molecule has 1 amide bonds. The van der Waals surface area contributed by atoms with Gasteiger partial charge in [0.05, 0.1) is 8.67 Å². The Kier molecular flexibility index (Phi) is 2.76. The predicted molar refractivity (Wildman–Crippen MR) is 68.5 cm³/mol. The maximum Gasteiger partial charge on any atom is 0.221 e. The van der Waals surface area contributed by atoms with Gasteiger partial charge in [0.1, 0.15) is 0 Å². The minimum absolute atomic E-state index is 0.0610. The molecule has 0 spiro atoms. The molecular formula is C11H13Cl2NOS. The number of carbonyl (C=O) groups excluding carboxylic acids is 1. The van der Waals surface area contributed by atoms with Crippen molar-refractivity contribution in [2.75, 3.05) is 0 Å². The first-order chi connectivity index (χ1) is 7.26. The minimum Gasteiger partial charge on any atom is -0.350 e. The molecule has 2 nitrogen and oxygen atoms in total. The molecule has 16 heavy (non-hydrogen) atoms. The van der Waals surface area contributed by atoms with Gasteiger partial charge < -0.3 is 5.32 Å². The summed E-state index contributed by atoms with van der Waals surface area (Å²) in [6, 6.07) is 1.87. The molecule has 0 radical (unpaired) electrons. The van der Waals surface area contributed by atoms with E-state index in [0.29, 0.717) is 15.1 Å². The maximum absolute atomic E-state index is 11.6. The van der Waals surface area contributed by atoms with E-state index >= 15 is 0 Å². The molecule has 0 aliphatic carbocycles. The van der Waals surface area contributed by atoms with E-state index in [-0.39, 0.29) is 16.9 Å². The predicted octanol–water partition coefficient (Wildman–Crippen LogP) is 3.61. The van der Waals surface area contributed by atoms with Crippen molar-refractivity contribution in [3.8, 4) is 0 Å². The van der Waals surface area contributed by atoms with Crippen LogP contribution >= 0.6 is 34.5 Å². The van der Waals surface area contributed by atoms with E-state index in [4.69, 9.17) is 23.2 Å². The highest BCUT2D eigenvalue weighted by molar-refractivity contribution is 7.20. The zero-order valence-electron chi connectivity index (χ0n) is 9.36. The second-order valence-electron chi connectivity index (χ2n) is 4.92. The van der Waals surface area contributed by atoms with Crippen LogP contribution in [0.3, 0.4) is 0 Å². The lowest BCUT2D eigenvalue weighted by atomic mass is 9.70. The molecule has 2 heterocycles. The van der Waals surface area contributed by atoms with Gasteiger partial charge in [0.15, 0.2) is 0 Å². The van der Waals surface area contributed by atoms with E-state index in [1.807, 2.05) is 19.9 Å². The van der Waals surface area contributed by atoms with Gasteiger partial charge in [-0.15, -0.1) is 11.3 Å². The van der Waals surface area contributed by atoms with Crippen molar-refractivity contribution in [2.45, 2.75) is 38.1 Å². The number of halogens is 2. The first-order valence-corrected chi connectivity index (χ1v) is 6.60. The van der Waals surface area contributed by atoms with Gasteiger partial charge in [0.2, 0.25) is 5.91 Å². The van der Waals surface area contributed by atoms with E-state index in [0.717, 1.165) is 5.56 Å². The standard InChI is InChI=1S/C11H13Cl2NOS/c1-10(2)11(3,5-8(15)14-10)6-4-7(12)16-9(6)13/h4H,5H2,1-3H3,(H,14,15). The number of thiophene rings is 1. The van der Waals surface area contributed by atoms with Crippen molar-refractivity contribution >= 4 is 40.4 Å². The van der Waals surface area contributed by atoms with Crippen molar-refractivity contribution < 1.29 is 4.79 Å². The minimum atomic E-state index is -0.307. The third-order valence-corrected chi connectivity index (χ3v) is 5.08. The molecule has 0 saturated carbocycles. The summed E-state index contributed by atoms with van der Waals surface area (Å²) in [6.07, 6.45) is 0.451. The van der Waals surface area contributed by atoms with E-state index < -0.39 is 0 Å². The lowest BCUT2D eigenvalue weighted by Gasteiger charge is -2.37. The Morgan fingerprint density at radius 1 is 1.38 bits per heavy atom. The van der Waals surface area contributed by atoms with Gasteiger partial charge in [0, 0.05) is 17.4 Å². The Morgan fingerprint density at radius 3 is 2.38 bits per heavy atom. The van der Waals surface area contributed by atoms with Crippen molar-refractivity contribution in [1.29, 1.82) is 0 Å². The Balaban J connectivity index is 2.54. The Labute approximate surface area is 109 Å². The van der Waals surface area contributed by atoms with Crippen LogP contribution in [0.25, 0.3) is 0 Å². The number of rotatable bonds is 1. The lowest BCUT2D eigenvalue weighted by molar-refractivity contribution is -0.119. The molecule has 0 aromatic carbocycles. The Bertz CT molecular complexity index is 455. The number of carbonyl (C=O) groups is 1. The SMILES string of the molecule is CC1(C)NC(=O)CC1(C)c1cc(Cl)sc1Cl. The van der Waals surface area contributed by atoms with Gasteiger partial charge in [-0.25, -0.2) is 0 Å².